The van der Waals surface area contributed by atoms with Gasteiger partial charge in [0, 0.05) is 10.6 Å². The molecule has 34 heavy (non-hydrogen) atoms. The van der Waals surface area contributed by atoms with Gasteiger partial charge in [-0.3, -0.25) is 14.4 Å². The first-order chi connectivity index (χ1) is 16.4. The average Bonchev–Trinajstić information content (AvgIpc) is 3.32. The van der Waals surface area contributed by atoms with E-state index in [0.717, 1.165) is 9.87 Å². The van der Waals surface area contributed by atoms with Crippen molar-refractivity contribution < 1.29 is 17.9 Å². The molecular formula is C23H19ClN4O4S2. The lowest BCUT2D eigenvalue weighted by Gasteiger charge is -2.25. The summed E-state index contributed by atoms with van der Waals surface area (Å²) in [6.45, 7) is -0.534. The van der Waals surface area contributed by atoms with Crippen LogP contribution in [-0.2, 0) is 14.8 Å². The number of ether oxygens (including phenoxy) is 1. The zero-order chi connectivity index (χ0) is 24.1. The van der Waals surface area contributed by atoms with Crippen molar-refractivity contribution in [3.63, 3.8) is 0 Å². The SMILES string of the molecule is COc1ccc(Cl)cc1N(CC(=O)Nc1nnc(-c2ccccc2)s1)S(=O)(=O)c1ccccc1. The molecule has 0 spiro atoms. The van der Waals surface area contributed by atoms with Crippen molar-refractivity contribution in [2.75, 3.05) is 23.3 Å². The zero-order valence-corrected chi connectivity index (χ0v) is 20.3. The van der Waals surface area contributed by atoms with E-state index in [9.17, 15) is 13.2 Å². The third-order valence-corrected chi connectivity index (χ3v) is 7.62. The summed E-state index contributed by atoms with van der Waals surface area (Å²) in [6.07, 6.45) is 0. The fourth-order valence-corrected chi connectivity index (χ4v) is 5.51. The van der Waals surface area contributed by atoms with E-state index in [1.165, 1.54) is 36.6 Å². The Morgan fingerprint density at radius 1 is 1.03 bits per heavy atom. The van der Waals surface area contributed by atoms with Crippen LogP contribution in [0.2, 0.25) is 5.02 Å². The van der Waals surface area contributed by atoms with Gasteiger partial charge in [-0.05, 0) is 30.3 Å². The van der Waals surface area contributed by atoms with Gasteiger partial charge in [0.2, 0.25) is 11.0 Å². The first kappa shape index (κ1) is 23.7. The highest BCUT2D eigenvalue weighted by Gasteiger charge is 2.30. The van der Waals surface area contributed by atoms with E-state index in [-0.39, 0.29) is 21.5 Å². The summed E-state index contributed by atoms with van der Waals surface area (Å²) in [5.74, 6) is -0.351. The number of aromatic nitrogens is 2. The molecule has 0 aliphatic heterocycles. The molecule has 3 aromatic carbocycles. The van der Waals surface area contributed by atoms with Crippen LogP contribution in [0.25, 0.3) is 10.6 Å². The second-order valence-corrected chi connectivity index (χ2v) is 10.2. The van der Waals surface area contributed by atoms with Gasteiger partial charge in [0.25, 0.3) is 10.0 Å². The van der Waals surface area contributed by atoms with Crippen LogP contribution in [-0.4, -0.2) is 38.2 Å². The summed E-state index contributed by atoms with van der Waals surface area (Å²) in [5, 5.41) is 11.9. The van der Waals surface area contributed by atoms with Crippen molar-refractivity contribution >= 4 is 49.7 Å². The maximum Gasteiger partial charge on any atom is 0.264 e. The molecule has 0 atom stereocenters. The number of carbonyl (C=O) groups excluding carboxylic acids is 1. The van der Waals surface area contributed by atoms with E-state index in [0.29, 0.717) is 10.0 Å². The van der Waals surface area contributed by atoms with Crippen molar-refractivity contribution in [1.82, 2.24) is 10.2 Å². The molecule has 4 rings (SSSR count). The van der Waals surface area contributed by atoms with E-state index in [1.807, 2.05) is 30.3 Å². The summed E-state index contributed by atoms with van der Waals surface area (Å²) in [5.41, 5.74) is 0.994. The minimum absolute atomic E-state index is 0.0205. The maximum atomic E-state index is 13.5. The summed E-state index contributed by atoms with van der Waals surface area (Å²) in [7, 11) is -2.72. The predicted octanol–water partition coefficient (Wildman–Crippen LogP) is 4.70. The van der Waals surface area contributed by atoms with Crippen LogP contribution in [0.5, 0.6) is 5.75 Å². The molecule has 0 unspecified atom stereocenters. The standard InChI is InChI=1S/C23H19ClN4O4S2/c1-32-20-13-12-17(24)14-19(20)28(34(30,31)18-10-6-3-7-11-18)15-21(29)25-23-27-26-22(33-23)16-8-4-2-5-9-16/h2-14H,15H2,1H3,(H,25,27,29). The average molecular weight is 515 g/mol. The highest BCUT2D eigenvalue weighted by molar-refractivity contribution is 7.92. The van der Waals surface area contributed by atoms with Gasteiger partial charge in [-0.2, -0.15) is 0 Å². The molecule has 0 aliphatic carbocycles. The number of halogens is 1. The molecule has 0 aliphatic rings. The molecule has 1 amide bonds. The smallest absolute Gasteiger partial charge is 0.264 e. The highest BCUT2D eigenvalue weighted by Crippen LogP contribution is 2.35. The second kappa shape index (κ2) is 10.2. The lowest BCUT2D eigenvalue weighted by Crippen LogP contribution is -2.38. The molecule has 0 saturated carbocycles. The van der Waals surface area contributed by atoms with Crippen LogP contribution in [0.4, 0.5) is 10.8 Å². The molecule has 11 heteroatoms. The third-order valence-electron chi connectivity index (χ3n) is 4.72. The zero-order valence-electron chi connectivity index (χ0n) is 17.9. The van der Waals surface area contributed by atoms with Gasteiger partial charge in [-0.15, -0.1) is 10.2 Å². The fourth-order valence-electron chi connectivity index (χ4n) is 3.14. The number of hydrogen-bond acceptors (Lipinski definition) is 7. The molecule has 0 saturated heterocycles. The molecular weight excluding hydrogens is 496 g/mol. The van der Waals surface area contributed by atoms with Crippen LogP contribution in [0.15, 0.2) is 83.8 Å². The molecule has 0 fully saturated rings. The van der Waals surface area contributed by atoms with Crippen LogP contribution in [0.3, 0.4) is 0 Å². The first-order valence-electron chi connectivity index (χ1n) is 9.98. The van der Waals surface area contributed by atoms with Gasteiger partial charge in [-0.25, -0.2) is 8.42 Å². The van der Waals surface area contributed by atoms with Gasteiger partial charge in [-0.1, -0.05) is 71.5 Å². The summed E-state index contributed by atoms with van der Waals surface area (Å²) in [4.78, 5) is 13.0. The Kier molecular flexibility index (Phi) is 7.11. The number of hydrogen-bond donors (Lipinski definition) is 1. The molecule has 0 radical (unpaired) electrons. The molecule has 174 valence electrons. The molecule has 4 aromatic rings. The lowest BCUT2D eigenvalue weighted by atomic mass is 10.2. The minimum atomic E-state index is -4.13. The van der Waals surface area contributed by atoms with Crippen molar-refractivity contribution in [1.29, 1.82) is 0 Å². The minimum Gasteiger partial charge on any atom is -0.495 e. The molecule has 1 N–H and O–H groups in total. The summed E-state index contributed by atoms with van der Waals surface area (Å²) in [6, 6.07) is 21.8. The molecule has 0 bridgehead atoms. The topological polar surface area (TPSA) is 101 Å². The van der Waals surface area contributed by atoms with Gasteiger partial charge in [0.15, 0.2) is 0 Å². The number of nitrogens with one attached hydrogen (secondary N) is 1. The third kappa shape index (κ3) is 5.19. The molecule has 1 aromatic heterocycles. The molecule has 8 nitrogen and oxygen atoms in total. The Labute approximate surface area is 205 Å². The maximum absolute atomic E-state index is 13.5. The van der Waals surface area contributed by atoms with Crippen molar-refractivity contribution in [2.45, 2.75) is 4.90 Å². The van der Waals surface area contributed by atoms with Gasteiger partial charge >= 0.3 is 0 Å². The van der Waals surface area contributed by atoms with E-state index in [2.05, 4.69) is 15.5 Å². The van der Waals surface area contributed by atoms with Gasteiger partial charge in [0.1, 0.15) is 17.3 Å². The largest absolute Gasteiger partial charge is 0.495 e. The first-order valence-corrected chi connectivity index (χ1v) is 12.6. The van der Waals surface area contributed by atoms with Crippen molar-refractivity contribution in [3.8, 4) is 16.3 Å². The van der Waals surface area contributed by atoms with Crippen molar-refractivity contribution in [3.05, 3.63) is 83.9 Å². The quantitative estimate of drug-likeness (QED) is 0.365. The molecule has 1 heterocycles. The summed E-state index contributed by atoms with van der Waals surface area (Å²) >= 11 is 7.33. The Balaban J connectivity index is 1.65. The number of methoxy groups -OCH3 is 1. The van der Waals surface area contributed by atoms with Crippen LogP contribution >= 0.6 is 22.9 Å². The van der Waals surface area contributed by atoms with E-state index < -0.39 is 22.5 Å². The number of amides is 1. The van der Waals surface area contributed by atoms with Gasteiger partial charge in [0.05, 0.1) is 17.7 Å². The van der Waals surface area contributed by atoms with Crippen molar-refractivity contribution in [2.24, 2.45) is 0 Å². The van der Waals surface area contributed by atoms with Crippen LogP contribution in [0.1, 0.15) is 0 Å². The highest BCUT2D eigenvalue weighted by atomic mass is 35.5. The predicted molar refractivity (Wildman–Crippen MR) is 133 cm³/mol. The number of anilines is 2. The van der Waals surface area contributed by atoms with Crippen LogP contribution < -0.4 is 14.4 Å². The number of nitrogens with zero attached hydrogens (tertiary/aromatic N) is 3. The van der Waals surface area contributed by atoms with E-state index >= 15 is 0 Å². The number of carbonyl (C=O) groups is 1. The lowest BCUT2D eigenvalue weighted by molar-refractivity contribution is -0.114. The monoisotopic (exact) mass is 514 g/mol. The Hall–Kier alpha value is -3.47. The number of rotatable bonds is 8. The Morgan fingerprint density at radius 3 is 2.38 bits per heavy atom. The van der Waals surface area contributed by atoms with E-state index in [1.54, 1.807) is 30.3 Å². The fraction of sp³-hybridized carbons (Fsp3) is 0.0870. The number of benzene rings is 3. The second-order valence-electron chi connectivity index (χ2n) is 6.97. The Morgan fingerprint density at radius 2 is 1.71 bits per heavy atom. The number of sulfonamides is 1. The normalized spacial score (nSPS) is 11.1. The summed E-state index contributed by atoms with van der Waals surface area (Å²) < 4.78 is 33.3. The van der Waals surface area contributed by atoms with Gasteiger partial charge < -0.3 is 4.74 Å². The van der Waals surface area contributed by atoms with E-state index in [4.69, 9.17) is 16.3 Å². The Bertz CT molecular complexity index is 1400. The van der Waals surface area contributed by atoms with Crippen LogP contribution in [0, 0.1) is 0 Å².